The largest absolute Gasteiger partial charge is 0.493 e. The second-order valence-electron chi connectivity index (χ2n) is 5.38. The maximum Gasteiger partial charge on any atom is 0.337 e. The Bertz CT molecular complexity index is 742. The number of ether oxygens (including phenoxy) is 3. The fraction of sp³-hybridized carbons (Fsp3) is 0.278. The van der Waals surface area contributed by atoms with Crippen molar-refractivity contribution in [3.63, 3.8) is 0 Å². The van der Waals surface area contributed by atoms with E-state index < -0.39 is 0 Å². The number of esters is 1. The van der Waals surface area contributed by atoms with Crippen molar-refractivity contribution in [2.24, 2.45) is 0 Å². The Morgan fingerprint density at radius 1 is 1.04 bits per heavy atom. The summed E-state index contributed by atoms with van der Waals surface area (Å²) in [5.74, 6) is 1.09. The molecule has 0 amide bonds. The molecule has 23 heavy (non-hydrogen) atoms. The van der Waals surface area contributed by atoms with Gasteiger partial charge in [0.2, 0.25) is 0 Å². The summed E-state index contributed by atoms with van der Waals surface area (Å²) in [4.78, 5) is 11.6. The van der Waals surface area contributed by atoms with Gasteiger partial charge in [-0.15, -0.1) is 0 Å². The summed E-state index contributed by atoms with van der Waals surface area (Å²) in [6.45, 7) is 0. The van der Waals surface area contributed by atoms with Gasteiger partial charge in [-0.2, -0.15) is 0 Å². The molecule has 0 aliphatic carbocycles. The Morgan fingerprint density at radius 2 is 1.83 bits per heavy atom. The fourth-order valence-corrected chi connectivity index (χ4v) is 2.86. The van der Waals surface area contributed by atoms with Crippen molar-refractivity contribution in [2.75, 3.05) is 26.6 Å². The van der Waals surface area contributed by atoms with Crippen LogP contribution in [0.4, 0.5) is 5.69 Å². The SMILES string of the molecule is COC(=O)c1ccc2c(c1)NC(c1ccc(OC)c(OC)c1)C2. The molecular weight excluding hydrogens is 294 g/mol. The van der Waals surface area contributed by atoms with Crippen LogP contribution in [0.25, 0.3) is 0 Å². The Kier molecular flexibility index (Phi) is 4.10. The van der Waals surface area contributed by atoms with Crippen LogP contribution in [0, 0.1) is 0 Å². The lowest BCUT2D eigenvalue weighted by Crippen LogP contribution is -2.06. The number of carbonyl (C=O) groups excluding carboxylic acids is 1. The van der Waals surface area contributed by atoms with Gasteiger partial charge in [0.05, 0.1) is 32.9 Å². The number of methoxy groups -OCH3 is 3. The molecule has 5 heteroatoms. The van der Waals surface area contributed by atoms with Crippen LogP contribution in [-0.2, 0) is 11.2 Å². The van der Waals surface area contributed by atoms with Crippen molar-refractivity contribution in [1.29, 1.82) is 0 Å². The normalized spacial score (nSPS) is 15.5. The molecule has 1 N–H and O–H groups in total. The molecule has 0 bridgehead atoms. The summed E-state index contributed by atoms with van der Waals surface area (Å²) >= 11 is 0. The minimum absolute atomic E-state index is 0.137. The number of rotatable bonds is 4. The zero-order chi connectivity index (χ0) is 16.4. The van der Waals surface area contributed by atoms with E-state index in [4.69, 9.17) is 14.2 Å². The molecule has 3 rings (SSSR count). The highest BCUT2D eigenvalue weighted by atomic mass is 16.5. The first-order chi connectivity index (χ1) is 11.2. The minimum Gasteiger partial charge on any atom is -0.493 e. The first kappa shape index (κ1) is 15.2. The quantitative estimate of drug-likeness (QED) is 0.879. The van der Waals surface area contributed by atoms with E-state index in [2.05, 4.69) is 5.32 Å². The molecule has 2 aromatic rings. The van der Waals surface area contributed by atoms with Gasteiger partial charge in [0.15, 0.2) is 11.5 Å². The zero-order valence-electron chi connectivity index (χ0n) is 13.4. The Hall–Kier alpha value is -2.69. The first-order valence-corrected chi connectivity index (χ1v) is 7.36. The Labute approximate surface area is 135 Å². The van der Waals surface area contributed by atoms with E-state index in [1.807, 2.05) is 30.3 Å². The summed E-state index contributed by atoms with van der Waals surface area (Å²) in [5, 5.41) is 3.45. The molecule has 1 unspecified atom stereocenters. The lowest BCUT2D eigenvalue weighted by atomic mass is 10.0. The van der Waals surface area contributed by atoms with Crippen LogP contribution in [0.3, 0.4) is 0 Å². The van der Waals surface area contributed by atoms with Crippen molar-refractivity contribution in [1.82, 2.24) is 0 Å². The molecule has 1 heterocycles. The predicted molar refractivity (Wildman–Crippen MR) is 87.4 cm³/mol. The number of hydrogen-bond donors (Lipinski definition) is 1. The van der Waals surface area contributed by atoms with Crippen molar-refractivity contribution in [3.05, 3.63) is 53.1 Å². The van der Waals surface area contributed by atoms with Gasteiger partial charge in [0.25, 0.3) is 0 Å². The van der Waals surface area contributed by atoms with E-state index in [0.717, 1.165) is 17.7 Å². The summed E-state index contributed by atoms with van der Waals surface area (Å²) in [5.41, 5.74) is 3.80. The van der Waals surface area contributed by atoms with Crippen LogP contribution in [-0.4, -0.2) is 27.3 Å². The summed E-state index contributed by atoms with van der Waals surface area (Å²) in [7, 11) is 4.63. The van der Waals surface area contributed by atoms with E-state index in [9.17, 15) is 4.79 Å². The molecule has 0 saturated heterocycles. The zero-order valence-corrected chi connectivity index (χ0v) is 13.4. The first-order valence-electron chi connectivity index (χ1n) is 7.36. The van der Waals surface area contributed by atoms with Crippen LogP contribution >= 0.6 is 0 Å². The van der Waals surface area contributed by atoms with E-state index in [0.29, 0.717) is 17.1 Å². The highest BCUT2D eigenvalue weighted by Gasteiger charge is 2.24. The third-order valence-corrected chi connectivity index (χ3v) is 4.09. The fourth-order valence-electron chi connectivity index (χ4n) is 2.86. The third-order valence-electron chi connectivity index (χ3n) is 4.09. The topological polar surface area (TPSA) is 56.8 Å². The molecule has 2 aromatic carbocycles. The predicted octanol–water partition coefficient (Wildman–Crippen LogP) is 3.20. The maximum atomic E-state index is 11.6. The van der Waals surface area contributed by atoms with Gasteiger partial charge < -0.3 is 19.5 Å². The number of benzene rings is 2. The molecule has 120 valence electrons. The number of hydrogen-bond acceptors (Lipinski definition) is 5. The summed E-state index contributed by atoms with van der Waals surface area (Å²) in [6.07, 6.45) is 0.853. The van der Waals surface area contributed by atoms with E-state index in [1.54, 1.807) is 20.3 Å². The van der Waals surface area contributed by atoms with Crippen molar-refractivity contribution in [3.8, 4) is 11.5 Å². The molecule has 1 aliphatic rings. The van der Waals surface area contributed by atoms with Gasteiger partial charge in [0, 0.05) is 5.69 Å². The van der Waals surface area contributed by atoms with E-state index in [1.165, 1.54) is 12.7 Å². The summed E-state index contributed by atoms with van der Waals surface area (Å²) in [6, 6.07) is 11.6. The van der Waals surface area contributed by atoms with Crippen molar-refractivity contribution in [2.45, 2.75) is 12.5 Å². The molecule has 5 nitrogen and oxygen atoms in total. The lowest BCUT2D eigenvalue weighted by Gasteiger charge is -2.15. The molecular formula is C18H19NO4. The third kappa shape index (κ3) is 2.82. The number of anilines is 1. The Morgan fingerprint density at radius 3 is 2.52 bits per heavy atom. The van der Waals surface area contributed by atoms with Crippen LogP contribution < -0.4 is 14.8 Å². The standard InChI is InChI=1S/C18H19NO4/c1-21-16-7-6-12(10-17(16)22-2)14-8-11-4-5-13(18(20)23-3)9-15(11)19-14/h4-7,9-10,14,19H,8H2,1-3H3. The van der Waals surface area contributed by atoms with Crippen molar-refractivity contribution >= 4 is 11.7 Å². The van der Waals surface area contributed by atoms with Gasteiger partial charge in [0.1, 0.15) is 0 Å². The maximum absolute atomic E-state index is 11.6. The molecule has 0 saturated carbocycles. The van der Waals surface area contributed by atoms with Crippen LogP contribution in [0.1, 0.15) is 27.5 Å². The smallest absolute Gasteiger partial charge is 0.337 e. The Balaban J connectivity index is 1.86. The highest BCUT2D eigenvalue weighted by Crippen LogP contribution is 2.38. The van der Waals surface area contributed by atoms with Crippen LogP contribution in [0.2, 0.25) is 0 Å². The summed E-state index contributed by atoms with van der Waals surface area (Å²) < 4.78 is 15.4. The minimum atomic E-state index is -0.329. The van der Waals surface area contributed by atoms with Crippen molar-refractivity contribution < 1.29 is 19.0 Å². The monoisotopic (exact) mass is 313 g/mol. The molecule has 1 aliphatic heterocycles. The average molecular weight is 313 g/mol. The number of carbonyl (C=O) groups is 1. The lowest BCUT2D eigenvalue weighted by molar-refractivity contribution is 0.0601. The molecule has 0 fully saturated rings. The van der Waals surface area contributed by atoms with Gasteiger partial charge >= 0.3 is 5.97 Å². The highest BCUT2D eigenvalue weighted by molar-refractivity contribution is 5.91. The van der Waals surface area contributed by atoms with E-state index in [-0.39, 0.29) is 12.0 Å². The molecule has 0 aromatic heterocycles. The van der Waals surface area contributed by atoms with Gasteiger partial charge in [-0.05, 0) is 41.8 Å². The number of nitrogens with one attached hydrogen (secondary N) is 1. The van der Waals surface area contributed by atoms with Gasteiger partial charge in [-0.1, -0.05) is 12.1 Å². The van der Waals surface area contributed by atoms with Gasteiger partial charge in [-0.25, -0.2) is 4.79 Å². The van der Waals surface area contributed by atoms with Gasteiger partial charge in [-0.3, -0.25) is 0 Å². The molecule has 0 radical (unpaired) electrons. The van der Waals surface area contributed by atoms with E-state index >= 15 is 0 Å². The second kappa shape index (κ2) is 6.20. The van der Waals surface area contributed by atoms with Crippen LogP contribution in [0.15, 0.2) is 36.4 Å². The number of fused-ring (bicyclic) bond motifs is 1. The molecule has 1 atom stereocenters. The van der Waals surface area contributed by atoms with Crippen LogP contribution in [0.5, 0.6) is 11.5 Å². The average Bonchev–Trinajstić information content (AvgIpc) is 3.03. The second-order valence-corrected chi connectivity index (χ2v) is 5.38. The molecule has 0 spiro atoms.